The first-order chi connectivity index (χ1) is 8.74. The third-order valence-electron chi connectivity index (χ3n) is 2.77. The largest absolute Gasteiger partial charge is 0.480 e. The van der Waals surface area contributed by atoms with Crippen LogP contribution in [0.2, 0.25) is 5.02 Å². The van der Waals surface area contributed by atoms with Crippen LogP contribution in [0, 0.1) is 0 Å². The number of hydrogen-bond donors (Lipinski definition) is 1. The molecule has 1 heterocycles. The van der Waals surface area contributed by atoms with Gasteiger partial charge in [0, 0.05) is 0 Å². The highest BCUT2D eigenvalue weighted by Crippen LogP contribution is 2.39. The number of amides is 1. The van der Waals surface area contributed by atoms with E-state index in [1.54, 1.807) is 0 Å². The van der Waals surface area contributed by atoms with Gasteiger partial charge in [0.25, 0.3) is 5.91 Å². The summed E-state index contributed by atoms with van der Waals surface area (Å²) in [6.07, 6.45) is 0. The van der Waals surface area contributed by atoms with Crippen molar-refractivity contribution >= 4 is 23.2 Å². The van der Waals surface area contributed by atoms with E-state index in [0.29, 0.717) is 16.5 Å². The summed E-state index contributed by atoms with van der Waals surface area (Å²) in [5.74, 6) is 0.375. The molecule has 2 aromatic rings. The van der Waals surface area contributed by atoms with Crippen molar-refractivity contribution in [2.24, 2.45) is 0 Å². The number of benzene rings is 2. The fourth-order valence-electron chi connectivity index (χ4n) is 1.95. The summed E-state index contributed by atoms with van der Waals surface area (Å²) >= 11 is 6.17. The normalized spacial score (nSPS) is 13.5. The predicted molar refractivity (Wildman–Crippen MR) is 71.0 cm³/mol. The van der Waals surface area contributed by atoms with Crippen molar-refractivity contribution in [3.8, 4) is 16.9 Å². The Morgan fingerprint density at radius 3 is 2.67 bits per heavy atom. The summed E-state index contributed by atoms with van der Waals surface area (Å²) < 4.78 is 5.31. The molecule has 1 N–H and O–H groups in total. The smallest absolute Gasteiger partial charge is 0.262 e. The second kappa shape index (κ2) is 4.35. The Balaban J connectivity index is 2.11. The van der Waals surface area contributed by atoms with Crippen molar-refractivity contribution in [1.29, 1.82) is 0 Å². The van der Waals surface area contributed by atoms with Crippen LogP contribution in [0.3, 0.4) is 0 Å². The number of carbonyl (C=O) groups is 1. The standard InChI is InChI=1S/C14H10ClNO2/c15-11-6-10(9-4-2-1-3-5-9)7-12-14(11)18-8-13(17)16-12/h1-7H,8H2,(H,16,17). The molecule has 0 radical (unpaired) electrons. The third-order valence-corrected chi connectivity index (χ3v) is 3.05. The third kappa shape index (κ3) is 1.93. The predicted octanol–water partition coefficient (Wildman–Crippen LogP) is 3.34. The van der Waals surface area contributed by atoms with Crippen molar-refractivity contribution in [2.45, 2.75) is 0 Å². The van der Waals surface area contributed by atoms with Crippen LogP contribution in [0.1, 0.15) is 0 Å². The lowest BCUT2D eigenvalue weighted by atomic mass is 10.0. The van der Waals surface area contributed by atoms with Gasteiger partial charge in [-0.25, -0.2) is 0 Å². The van der Waals surface area contributed by atoms with Crippen LogP contribution < -0.4 is 10.1 Å². The minimum absolute atomic E-state index is 0.0113. The average Bonchev–Trinajstić information content (AvgIpc) is 2.39. The van der Waals surface area contributed by atoms with Crippen LogP contribution >= 0.6 is 11.6 Å². The van der Waals surface area contributed by atoms with Gasteiger partial charge in [0.2, 0.25) is 0 Å². The van der Waals surface area contributed by atoms with E-state index in [1.807, 2.05) is 42.5 Å². The van der Waals surface area contributed by atoms with Gasteiger partial charge in [-0.15, -0.1) is 0 Å². The second-order valence-electron chi connectivity index (χ2n) is 4.04. The summed E-state index contributed by atoms with van der Waals surface area (Å²) in [5, 5.41) is 3.27. The van der Waals surface area contributed by atoms with Gasteiger partial charge >= 0.3 is 0 Å². The molecule has 0 atom stereocenters. The lowest BCUT2D eigenvalue weighted by molar-refractivity contribution is -0.118. The molecule has 1 aliphatic rings. The molecule has 1 amide bonds. The summed E-state index contributed by atoms with van der Waals surface area (Å²) in [6.45, 7) is 0.0113. The second-order valence-corrected chi connectivity index (χ2v) is 4.44. The molecular formula is C14H10ClNO2. The summed E-state index contributed by atoms with van der Waals surface area (Å²) in [6, 6.07) is 13.6. The highest BCUT2D eigenvalue weighted by atomic mass is 35.5. The van der Waals surface area contributed by atoms with Crippen LogP contribution in [-0.4, -0.2) is 12.5 Å². The lowest BCUT2D eigenvalue weighted by Gasteiger charge is -2.20. The first-order valence-corrected chi connectivity index (χ1v) is 5.93. The van der Waals surface area contributed by atoms with Gasteiger partial charge in [0.1, 0.15) is 0 Å². The highest BCUT2D eigenvalue weighted by molar-refractivity contribution is 6.33. The highest BCUT2D eigenvalue weighted by Gasteiger charge is 2.19. The number of anilines is 1. The van der Waals surface area contributed by atoms with Gasteiger partial charge in [-0.05, 0) is 23.3 Å². The number of ether oxygens (including phenoxy) is 1. The Morgan fingerprint density at radius 1 is 1.11 bits per heavy atom. The maximum atomic E-state index is 11.3. The number of hydrogen-bond acceptors (Lipinski definition) is 2. The van der Waals surface area contributed by atoms with Gasteiger partial charge in [0.05, 0.1) is 10.7 Å². The zero-order chi connectivity index (χ0) is 12.5. The number of halogens is 1. The van der Waals surface area contributed by atoms with Gasteiger partial charge in [-0.3, -0.25) is 4.79 Å². The Bertz CT molecular complexity index is 611. The minimum Gasteiger partial charge on any atom is -0.480 e. The number of rotatable bonds is 1. The van der Waals surface area contributed by atoms with Crippen LogP contribution in [0.5, 0.6) is 5.75 Å². The minimum atomic E-state index is -0.163. The lowest BCUT2D eigenvalue weighted by Crippen LogP contribution is -2.25. The summed E-state index contributed by atoms with van der Waals surface area (Å²) in [5.41, 5.74) is 2.62. The van der Waals surface area contributed by atoms with Crippen LogP contribution in [0.25, 0.3) is 11.1 Å². The molecule has 90 valence electrons. The van der Waals surface area contributed by atoms with E-state index < -0.39 is 0 Å². The Hall–Kier alpha value is -2.00. The molecule has 3 rings (SSSR count). The van der Waals surface area contributed by atoms with E-state index in [9.17, 15) is 4.79 Å². The summed E-state index contributed by atoms with van der Waals surface area (Å²) in [7, 11) is 0. The Morgan fingerprint density at radius 2 is 1.89 bits per heavy atom. The van der Waals surface area contributed by atoms with Crippen molar-refractivity contribution in [2.75, 3.05) is 11.9 Å². The number of fused-ring (bicyclic) bond motifs is 1. The first-order valence-electron chi connectivity index (χ1n) is 5.55. The van der Waals surface area contributed by atoms with E-state index in [0.717, 1.165) is 11.1 Å². The van der Waals surface area contributed by atoms with Gasteiger partial charge in [0.15, 0.2) is 12.4 Å². The van der Waals surface area contributed by atoms with Gasteiger partial charge < -0.3 is 10.1 Å². The van der Waals surface area contributed by atoms with E-state index >= 15 is 0 Å². The van der Waals surface area contributed by atoms with Crippen LogP contribution in [0.4, 0.5) is 5.69 Å². The molecule has 0 spiro atoms. The monoisotopic (exact) mass is 259 g/mol. The molecule has 0 fully saturated rings. The fourth-order valence-corrected chi connectivity index (χ4v) is 2.23. The topological polar surface area (TPSA) is 38.3 Å². The van der Waals surface area contributed by atoms with Crippen LogP contribution in [-0.2, 0) is 4.79 Å². The molecule has 0 bridgehead atoms. The van der Waals surface area contributed by atoms with Crippen molar-refractivity contribution in [3.05, 3.63) is 47.5 Å². The summed E-state index contributed by atoms with van der Waals surface area (Å²) in [4.78, 5) is 11.3. The van der Waals surface area contributed by atoms with E-state index in [-0.39, 0.29) is 12.5 Å². The Kier molecular flexibility index (Phi) is 2.68. The van der Waals surface area contributed by atoms with E-state index in [2.05, 4.69) is 5.32 Å². The van der Waals surface area contributed by atoms with Crippen molar-refractivity contribution in [3.63, 3.8) is 0 Å². The first kappa shape index (κ1) is 11.1. The van der Waals surface area contributed by atoms with Gasteiger partial charge in [-0.2, -0.15) is 0 Å². The van der Waals surface area contributed by atoms with Gasteiger partial charge in [-0.1, -0.05) is 41.9 Å². The number of carbonyl (C=O) groups excluding carboxylic acids is 1. The van der Waals surface area contributed by atoms with Crippen molar-refractivity contribution < 1.29 is 9.53 Å². The Labute approximate surface area is 109 Å². The quantitative estimate of drug-likeness (QED) is 0.853. The van der Waals surface area contributed by atoms with Crippen molar-refractivity contribution in [1.82, 2.24) is 0 Å². The average molecular weight is 260 g/mol. The number of nitrogens with one attached hydrogen (secondary N) is 1. The molecule has 2 aromatic carbocycles. The van der Waals surface area contributed by atoms with E-state index in [1.165, 1.54) is 0 Å². The molecule has 0 saturated heterocycles. The molecule has 18 heavy (non-hydrogen) atoms. The molecule has 0 aromatic heterocycles. The maximum absolute atomic E-state index is 11.3. The van der Waals surface area contributed by atoms with E-state index in [4.69, 9.17) is 16.3 Å². The maximum Gasteiger partial charge on any atom is 0.262 e. The molecule has 0 saturated carbocycles. The molecule has 0 unspecified atom stereocenters. The van der Waals surface area contributed by atoms with Crippen LogP contribution in [0.15, 0.2) is 42.5 Å². The molecule has 3 nitrogen and oxygen atoms in total. The zero-order valence-electron chi connectivity index (χ0n) is 9.44. The molecule has 0 aliphatic carbocycles. The fraction of sp³-hybridized carbons (Fsp3) is 0.0714. The SMILES string of the molecule is O=C1COc2c(Cl)cc(-c3ccccc3)cc2N1. The molecular weight excluding hydrogens is 250 g/mol. The zero-order valence-corrected chi connectivity index (χ0v) is 10.2. The molecule has 4 heteroatoms. The molecule has 1 aliphatic heterocycles.